The molecule has 4 nitrogen and oxygen atoms in total. The van der Waals surface area contributed by atoms with E-state index in [1.165, 1.54) is 0 Å². The van der Waals surface area contributed by atoms with Crippen LogP contribution in [-0.4, -0.2) is 34.0 Å². The quantitative estimate of drug-likeness (QED) is 0.737. The Kier molecular flexibility index (Phi) is 3.06. The first-order valence-corrected chi connectivity index (χ1v) is 5.08. The van der Waals surface area contributed by atoms with E-state index in [0.717, 1.165) is 38.3 Å². The minimum absolute atomic E-state index is 0.392. The van der Waals surface area contributed by atoms with Crippen LogP contribution in [0, 0.1) is 0 Å². The van der Waals surface area contributed by atoms with Crippen molar-refractivity contribution in [1.29, 1.82) is 0 Å². The van der Waals surface area contributed by atoms with Crippen LogP contribution in [0.4, 0.5) is 0 Å². The van der Waals surface area contributed by atoms with Gasteiger partial charge in [-0.25, -0.2) is 9.97 Å². The van der Waals surface area contributed by atoms with Crippen LogP contribution in [0.2, 0.25) is 0 Å². The maximum absolute atomic E-state index is 5.83. The molecule has 14 heavy (non-hydrogen) atoms. The fraction of sp³-hybridized carbons (Fsp3) is 0.600. The van der Waals surface area contributed by atoms with E-state index >= 15 is 0 Å². The van der Waals surface area contributed by atoms with E-state index in [0.29, 0.717) is 6.04 Å². The Morgan fingerprint density at radius 3 is 2.57 bits per heavy atom. The number of piperidine rings is 1. The fourth-order valence-corrected chi connectivity index (χ4v) is 1.72. The van der Waals surface area contributed by atoms with E-state index in [4.69, 9.17) is 5.73 Å². The molecule has 1 aliphatic heterocycles. The third kappa shape index (κ3) is 2.49. The third-order valence-electron chi connectivity index (χ3n) is 2.62. The molecular formula is C10H16N4. The molecule has 2 rings (SSSR count). The largest absolute Gasteiger partial charge is 0.328 e. The van der Waals surface area contributed by atoms with Crippen molar-refractivity contribution < 1.29 is 0 Å². The zero-order chi connectivity index (χ0) is 9.80. The average Bonchev–Trinajstić information content (AvgIpc) is 2.23. The van der Waals surface area contributed by atoms with Crippen molar-refractivity contribution in [3.05, 3.63) is 24.3 Å². The molecule has 1 fully saturated rings. The third-order valence-corrected chi connectivity index (χ3v) is 2.62. The van der Waals surface area contributed by atoms with E-state index < -0.39 is 0 Å². The summed E-state index contributed by atoms with van der Waals surface area (Å²) < 4.78 is 0. The lowest BCUT2D eigenvalue weighted by atomic mass is 10.1. The van der Waals surface area contributed by atoms with Crippen molar-refractivity contribution in [3.63, 3.8) is 0 Å². The van der Waals surface area contributed by atoms with Gasteiger partial charge in [-0.05, 0) is 18.9 Å². The second-order valence-electron chi connectivity index (χ2n) is 3.78. The van der Waals surface area contributed by atoms with Gasteiger partial charge in [-0.2, -0.15) is 0 Å². The van der Waals surface area contributed by atoms with E-state index in [-0.39, 0.29) is 0 Å². The fourth-order valence-electron chi connectivity index (χ4n) is 1.72. The number of nitrogens with two attached hydrogens (primary N) is 1. The van der Waals surface area contributed by atoms with Gasteiger partial charge in [0.05, 0.1) is 6.54 Å². The van der Waals surface area contributed by atoms with Gasteiger partial charge >= 0.3 is 0 Å². The normalized spacial score (nSPS) is 19.8. The predicted molar refractivity (Wildman–Crippen MR) is 54.5 cm³/mol. The molecule has 1 aliphatic rings. The second-order valence-corrected chi connectivity index (χ2v) is 3.78. The molecule has 1 aromatic rings. The van der Waals surface area contributed by atoms with Crippen molar-refractivity contribution in [3.8, 4) is 0 Å². The van der Waals surface area contributed by atoms with Gasteiger partial charge in [0.15, 0.2) is 0 Å². The van der Waals surface area contributed by atoms with Gasteiger partial charge in [-0.15, -0.1) is 0 Å². The molecule has 0 atom stereocenters. The van der Waals surface area contributed by atoms with Gasteiger partial charge in [0, 0.05) is 31.5 Å². The molecule has 0 spiro atoms. The van der Waals surface area contributed by atoms with Crippen molar-refractivity contribution in [2.75, 3.05) is 13.1 Å². The van der Waals surface area contributed by atoms with Crippen LogP contribution < -0.4 is 5.73 Å². The Balaban J connectivity index is 1.87. The highest BCUT2D eigenvalue weighted by atomic mass is 15.2. The van der Waals surface area contributed by atoms with Crippen molar-refractivity contribution in [2.24, 2.45) is 5.73 Å². The SMILES string of the molecule is NC1CCN(Cc2ncccn2)CC1. The number of rotatable bonds is 2. The molecule has 0 radical (unpaired) electrons. The van der Waals surface area contributed by atoms with Crippen LogP contribution in [0.5, 0.6) is 0 Å². The Bertz CT molecular complexity index is 267. The monoisotopic (exact) mass is 192 g/mol. The smallest absolute Gasteiger partial charge is 0.142 e. The number of nitrogens with zero attached hydrogens (tertiary/aromatic N) is 3. The molecule has 2 heterocycles. The lowest BCUT2D eigenvalue weighted by molar-refractivity contribution is 0.201. The lowest BCUT2D eigenvalue weighted by Gasteiger charge is -2.29. The summed E-state index contributed by atoms with van der Waals surface area (Å²) in [4.78, 5) is 10.8. The number of aromatic nitrogens is 2. The highest BCUT2D eigenvalue weighted by molar-refractivity contribution is 4.89. The minimum Gasteiger partial charge on any atom is -0.328 e. The van der Waals surface area contributed by atoms with Gasteiger partial charge in [0.25, 0.3) is 0 Å². The predicted octanol–water partition coefficient (Wildman–Crippen LogP) is 0.400. The Labute approximate surface area is 84.2 Å². The maximum Gasteiger partial charge on any atom is 0.142 e. The summed E-state index contributed by atoms with van der Waals surface area (Å²) in [7, 11) is 0. The summed E-state index contributed by atoms with van der Waals surface area (Å²) in [6.45, 7) is 2.99. The first kappa shape index (κ1) is 9.55. The molecule has 0 bridgehead atoms. The summed E-state index contributed by atoms with van der Waals surface area (Å²) >= 11 is 0. The highest BCUT2D eigenvalue weighted by Crippen LogP contribution is 2.09. The molecule has 0 amide bonds. The zero-order valence-corrected chi connectivity index (χ0v) is 8.26. The topological polar surface area (TPSA) is 55.0 Å². The van der Waals surface area contributed by atoms with Crippen molar-refractivity contribution >= 4 is 0 Å². The van der Waals surface area contributed by atoms with Gasteiger partial charge < -0.3 is 5.73 Å². The minimum atomic E-state index is 0.392. The van der Waals surface area contributed by atoms with Crippen LogP contribution in [0.25, 0.3) is 0 Å². The van der Waals surface area contributed by atoms with E-state index in [1.807, 2.05) is 6.07 Å². The van der Waals surface area contributed by atoms with Gasteiger partial charge in [-0.1, -0.05) is 0 Å². The maximum atomic E-state index is 5.83. The van der Waals surface area contributed by atoms with E-state index in [2.05, 4.69) is 14.9 Å². The van der Waals surface area contributed by atoms with Crippen molar-refractivity contribution in [1.82, 2.24) is 14.9 Å². The van der Waals surface area contributed by atoms with E-state index in [1.54, 1.807) is 12.4 Å². The summed E-state index contributed by atoms with van der Waals surface area (Å²) in [5.41, 5.74) is 5.83. The van der Waals surface area contributed by atoms with Gasteiger partial charge in [-0.3, -0.25) is 4.90 Å². The molecule has 0 aliphatic carbocycles. The molecule has 4 heteroatoms. The highest BCUT2D eigenvalue weighted by Gasteiger charge is 2.16. The molecule has 0 aromatic carbocycles. The van der Waals surface area contributed by atoms with Crippen LogP contribution in [0.15, 0.2) is 18.5 Å². The molecule has 0 saturated carbocycles. The summed E-state index contributed by atoms with van der Waals surface area (Å²) in [6, 6.07) is 2.23. The summed E-state index contributed by atoms with van der Waals surface area (Å²) in [6.07, 6.45) is 5.76. The molecule has 1 saturated heterocycles. The van der Waals surface area contributed by atoms with Gasteiger partial charge in [0.1, 0.15) is 5.82 Å². The van der Waals surface area contributed by atoms with Crippen LogP contribution in [0.3, 0.4) is 0 Å². The van der Waals surface area contributed by atoms with Crippen LogP contribution in [0.1, 0.15) is 18.7 Å². The molecule has 1 aromatic heterocycles. The second kappa shape index (κ2) is 4.48. The molecule has 2 N–H and O–H groups in total. The summed E-state index contributed by atoms with van der Waals surface area (Å²) in [5.74, 6) is 0.906. The lowest BCUT2D eigenvalue weighted by Crippen LogP contribution is -2.39. The first-order chi connectivity index (χ1) is 6.84. The number of likely N-dealkylation sites (tertiary alicyclic amines) is 1. The van der Waals surface area contributed by atoms with Gasteiger partial charge in [0.2, 0.25) is 0 Å². The van der Waals surface area contributed by atoms with Crippen molar-refractivity contribution in [2.45, 2.75) is 25.4 Å². The summed E-state index contributed by atoms with van der Waals surface area (Å²) in [5, 5.41) is 0. The zero-order valence-electron chi connectivity index (χ0n) is 8.26. The molecular weight excluding hydrogens is 176 g/mol. The Morgan fingerprint density at radius 1 is 1.29 bits per heavy atom. The van der Waals surface area contributed by atoms with Crippen LogP contribution >= 0.6 is 0 Å². The first-order valence-electron chi connectivity index (χ1n) is 5.08. The Morgan fingerprint density at radius 2 is 1.93 bits per heavy atom. The average molecular weight is 192 g/mol. The number of hydrogen-bond acceptors (Lipinski definition) is 4. The standard InChI is InChI=1S/C10H16N4/c11-9-2-6-14(7-3-9)8-10-12-4-1-5-13-10/h1,4-5,9H,2-3,6-8,11H2. The van der Waals surface area contributed by atoms with E-state index in [9.17, 15) is 0 Å². The number of hydrogen-bond donors (Lipinski definition) is 1. The van der Waals surface area contributed by atoms with Crippen LogP contribution in [-0.2, 0) is 6.54 Å². The Hall–Kier alpha value is -1.00. The molecule has 76 valence electrons. The molecule has 0 unspecified atom stereocenters.